The van der Waals surface area contributed by atoms with E-state index in [9.17, 15) is 0 Å². The summed E-state index contributed by atoms with van der Waals surface area (Å²) in [5, 5.41) is 3.76. The molecule has 0 atom stereocenters. The second kappa shape index (κ2) is 8.06. The Kier molecular flexibility index (Phi) is 7.09. The minimum atomic E-state index is 0.359. The average molecular weight is 242 g/mol. The molecule has 0 amide bonds. The predicted molar refractivity (Wildman–Crippen MR) is 73.5 cm³/mol. The van der Waals surface area contributed by atoms with Crippen LogP contribution in [0.5, 0.6) is 0 Å². The van der Waals surface area contributed by atoms with Crippen molar-refractivity contribution in [3.05, 3.63) is 0 Å². The van der Waals surface area contributed by atoms with Gasteiger partial charge in [-0.2, -0.15) is 0 Å². The van der Waals surface area contributed by atoms with E-state index in [4.69, 9.17) is 4.74 Å². The minimum Gasteiger partial charge on any atom is -0.385 e. The Morgan fingerprint density at radius 2 is 2.00 bits per heavy atom. The summed E-state index contributed by atoms with van der Waals surface area (Å²) in [4.78, 5) is 2.64. The van der Waals surface area contributed by atoms with E-state index in [0.29, 0.717) is 5.54 Å². The van der Waals surface area contributed by atoms with E-state index in [2.05, 4.69) is 24.1 Å². The third kappa shape index (κ3) is 4.94. The SMILES string of the molecule is CCC1(CC)CN(CCCCOC)CCCN1. The van der Waals surface area contributed by atoms with Gasteiger partial charge in [0.1, 0.15) is 0 Å². The highest BCUT2D eigenvalue weighted by molar-refractivity contribution is 4.90. The lowest BCUT2D eigenvalue weighted by Crippen LogP contribution is -2.50. The third-order valence-electron chi connectivity index (χ3n) is 4.10. The van der Waals surface area contributed by atoms with E-state index >= 15 is 0 Å². The zero-order valence-electron chi connectivity index (χ0n) is 11.9. The molecular weight excluding hydrogens is 212 g/mol. The van der Waals surface area contributed by atoms with E-state index in [0.717, 1.165) is 6.61 Å². The summed E-state index contributed by atoms with van der Waals surface area (Å²) in [5.74, 6) is 0. The fraction of sp³-hybridized carbons (Fsp3) is 1.00. The molecule has 0 bridgehead atoms. The van der Waals surface area contributed by atoms with Crippen LogP contribution in [0.3, 0.4) is 0 Å². The smallest absolute Gasteiger partial charge is 0.0462 e. The van der Waals surface area contributed by atoms with Crippen LogP contribution in [0, 0.1) is 0 Å². The molecule has 0 saturated carbocycles. The standard InChI is InChI=1S/C14H30N2O/c1-4-14(5-2)13-16(11-8-9-15-14)10-6-7-12-17-3/h15H,4-13H2,1-3H3. The molecule has 0 aromatic carbocycles. The van der Waals surface area contributed by atoms with Crippen molar-refractivity contribution in [1.29, 1.82) is 0 Å². The Labute approximate surface area is 107 Å². The molecule has 1 saturated heterocycles. The van der Waals surface area contributed by atoms with Crippen LogP contribution in [0.25, 0.3) is 0 Å². The first-order valence-corrected chi connectivity index (χ1v) is 7.22. The van der Waals surface area contributed by atoms with Crippen molar-refractivity contribution >= 4 is 0 Å². The van der Waals surface area contributed by atoms with Gasteiger partial charge >= 0.3 is 0 Å². The summed E-state index contributed by atoms with van der Waals surface area (Å²) < 4.78 is 5.11. The topological polar surface area (TPSA) is 24.5 Å². The molecule has 3 heteroatoms. The highest BCUT2D eigenvalue weighted by Gasteiger charge is 2.29. The second-order valence-electron chi connectivity index (χ2n) is 5.24. The van der Waals surface area contributed by atoms with Gasteiger partial charge in [0.05, 0.1) is 0 Å². The second-order valence-corrected chi connectivity index (χ2v) is 5.24. The van der Waals surface area contributed by atoms with Gasteiger partial charge in [-0.25, -0.2) is 0 Å². The highest BCUT2D eigenvalue weighted by Crippen LogP contribution is 2.19. The molecule has 1 aliphatic rings. The monoisotopic (exact) mass is 242 g/mol. The van der Waals surface area contributed by atoms with Crippen LogP contribution in [0.2, 0.25) is 0 Å². The molecule has 1 heterocycles. The lowest BCUT2D eigenvalue weighted by atomic mass is 9.92. The van der Waals surface area contributed by atoms with Gasteiger partial charge in [0, 0.05) is 25.8 Å². The van der Waals surface area contributed by atoms with Crippen molar-refractivity contribution in [3.63, 3.8) is 0 Å². The summed E-state index contributed by atoms with van der Waals surface area (Å²) in [6, 6.07) is 0. The van der Waals surface area contributed by atoms with E-state index in [1.54, 1.807) is 7.11 Å². The summed E-state index contributed by atoms with van der Waals surface area (Å²) in [6.07, 6.45) is 6.20. The Hall–Kier alpha value is -0.120. The zero-order valence-corrected chi connectivity index (χ0v) is 11.9. The van der Waals surface area contributed by atoms with Gasteiger partial charge in [-0.15, -0.1) is 0 Å². The van der Waals surface area contributed by atoms with Gasteiger partial charge in [-0.1, -0.05) is 13.8 Å². The average Bonchev–Trinajstić information content (AvgIpc) is 2.58. The molecule has 0 spiro atoms. The molecule has 0 aromatic heterocycles. The number of ether oxygens (including phenoxy) is 1. The zero-order chi connectivity index (χ0) is 12.6. The fourth-order valence-corrected chi connectivity index (χ4v) is 2.72. The van der Waals surface area contributed by atoms with Gasteiger partial charge < -0.3 is 15.0 Å². The lowest BCUT2D eigenvalue weighted by Gasteiger charge is -2.35. The molecule has 102 valence electrons. The minimum absolute atomic E-state index is 0.359. The maximum atomic E-state index is 5.11. The van der Waals surface area contributed by atoms with Crippen LogP contribution >= 0.6 is 0 Å². The van der Waals surface area contributed by atoms with Crippen molar-refractivity contribution in [1.82, 2.24) is 10.2 Å². The molecule has 3 nitrogen and oxygen atoms in total. The first-order valence-electron chi connectivity index (χ1n) is 7.22. The summed E-state index contributed by atoms with van der Waals surface area (Å²) in [7, 11) is 1.79. The maximum Gasteiger partial charge on any atom is 0.0462 e. The van der Waals surface area contributed by atoms with Crippen molar-refractivity contribution in [2.24, 2.45) is 0 Å². The van der Waals surface area contributed by atoms with Crippen molar-refractivity contribution in [3.8, 4) is 0 Å². The number of unbranched alkanes of at least 4 members (excludes halogenated alkanes) is 1. The largest absolute Gasteiger partial charge is 0.385 e. The number of nitrogens with zero attached hydrogens (tertiary/aromatic N) is 1. The molecule has 0 unspecified atom stereocenters. The van der Waals surface area contributed by atoms with Crippen LogP contribution in [0.15, 0.2) is 0 Å². The Balaban J connectivity index is 2.37. The molecule has 1 rings (SSSR count). The summed E-state index contributed by atoms with van der Waals surface area (Å²) in [5.41, 5.74) is 0.359. The van der Waals surface area contributed by atoms with Crippen molar-refractivity contribution in [2.45, 2.75) is 51.5 Å². The Morgan fingerprint density at radius 3 is 2.65 bits per heavy atom. The number of rotatable bonds is 7. The molecule has 17 heavy (non-hydrogen) atoms. The maximum absolute atomic E-state index is 5.11. The first kappa shape index (κ1) is 14.9. The van der Waals surface area contributed by atoms with E-state index < -0.39 is 0 Å². The molecule has 1 aliphatic heterocycles. The molecular formula is C14H30N2O. The molecule has 0 radical (unpaired) electrons. The van der Waals surface area contributed by atoms with Gasteiger partial charge in [0.25, 0.3) is 0 Å². The van der Waals surface area contributed by atoms with Crippen LogP contribution < -0.4 is 5.32 Å². The normalized spacial score (nSPS) is 21.4. The quantitative estimate of drug-likeness (QED) is 0.693. The third-order valence-corrected chi connectivity index (χ3v) is 4.10. The Bertz CT molecular complexity index is 193. The first-order chi connectivity index (χ1) is 8.26. The number of hydrogen-bond acceptors (Lipinski definition) is 3. The molecule has 1 fully saturated rings. The summed E-state index contributed by atoms with van der Waals surface area (Å²) >= 11 is 0. The fourth-order valence-electron chi connectivity index (χ4n) is 2.72. The summed E-state index contributed by atoms with van der Waals surface area (Å²) in [6.45, 7) is 10.4. The lowest BCUT2D eigenvalue weighted by molar-refractivity contribution is 0.170. The van der Waals surface area contributed by atoms with E-state index in [-0.39, 0.29) is 0 Å². The van der Waals surface area contributed by atoms with Gasteiger partial charge in [0.2, 0.25) is 0 Å². The number of nitrogens with one attached hydrogen (secondary N) is 1. The van der Waals surface area contributed by atoms with Gasteiger partial charge in [-0.3, -0.25) is 0 Å². The van der Waals surface area contributed by atoms with Crippen LogP contribution in [-0.4, -0.2) is 50.3 Å². The van der Waals surface area contributed by atoms with Gasteiger partial charge in [-0.05, 0) is 51.7 Å². The van der Waals surface area contributed by atoms with Gasteiger partial charge in [0.15, 0.2) is 0 Å². The number of hydrogen-bond donors (Lipinski definition) is 1. The molecule has 0 aliphatic carbocycles. The highest BCUT2D eigenvalue weighted by atomic mass is 16.5. The van der Waals surface area contributed by atoms with Crippen LogP contribution in [0.4, 0.5) is 0 Å². The predicted octanol–water partition coefficient (Wildman–Crippen LogP) is 2.27. The van der Waals surface area contributed by atoms with Crippen molar-refractivity contribution in [2.75, 3.05) is 39.9 Å². The molecule has 1 N–H and O–H groups in total. The molecule has 0 aromatic rings. The number of methoxy groups -OCH3 is 1. The van der Waals surface area contributed by atoms with E-state index in [1.165, 1.54) is 58.3 Å². The van der Waals surface area contributed by atoms with Crippen LogP contribution in [0.1, 0.15) is 46.0 Å². The van der Waals surface area contributed by atoms with Crippen molar-refractivity contribution < 1.29 is 4.74 Å². The van der Waals surface area contributed by atoms with Crippen LogP contribution in [-0.2, 0) is 4.74 Å². The Morgan fingerprint density at radius 1 is 1.24 bits per heavy atom. The van der Waals surface area contributed by atoms with E-state index in [1.807, 2.05) is 0 Å².